The van der Waals surface area contributed by atoms with Crippen LogP contribution < -0.4 is 16.0 Å². The van der Waals surface area contributed by atoms with E-state index in [1.807, 2.05) is 32.3 Å². The van der Waals surface area contributed by atoms with E-state index in [2.05, 4.69) is 33.3 Å². The first-order chi connectivity index (χ1) is 9.60. The van der Waals surface area contributed by atoms with Crippen molar-refractivity contribution in [3.8, 4) is 0 Å². The van der Waals surface area contributed by atoms with Crippen LogP contribution in [-0.4, -0.2) is 29.0 Å². The van der Waals surface area contributed by atoms with Crippen LogP contribution in [0.25, 0.3) is 0 Å². The fourth-order valence-electron chi connectivity index (χ4n) is 1.89. The molecule has 0 amide bonds. The molecule has 0 bridgehead atoms. The van der Waals surface area contributed by atoms with E-state index in [-0.39, 0.29) is 5.95 Å². The first-order valence-electron chi connectivity index (χ1n) is 6.64. The lowest BCUT2D eigenvalue weighted by atomic mass is 10.1. The molecule has 2 aromatic rings. The van der Waals surface area contributed by atoms with Crippen molar-refractivity contribution in [2.75, 3.05) is 30.0 Å². The summed E-state index contributed by atoms with van der Waals surface area (Å²) in [6.07, 6.45) is 2.09. The van der Waals surface area contributed by atoms with Crippen molar-refractivity contribution in [3.05, 3.63) is 29.8 Å². The quantitative estimate of drug-likeness (QED) is 0.868. The van der Waals surface area contributed by atoms with Crippen LogP contribution in [0.5, 0.6) is 0 Å². The molecular weight excluding hydrogens is 252 g/mol. The molecule has 0 aliphatic rings. The molecule has 20 heavy (non-hydrogen) atoms. The molecule has 3 N–H and O–H groups in total. The standard InChI is InChI=1S/C14H20N6/c1-4-7-10-8-5-6-9-11(10)16-13-17-12(15)18-14(19-13)20(2)3/h5-6,8-9H,4,7H2,1-3H3,(H3,15,16,17,18,19). The summed E-state index contributed by atoms with van der Waals surface area (Å²) in [5, 5.41) is 3.22. The van der Waals surface area contributed by atoms with Crippen LogP contribution in [0.4, 0.5) is 23.5 Å². The number of nitrogens with one attached hydrogen (secondary N) is 1. The molecule has 1 heterocycles. The number of hydrogen-bond acceptors (Lipinski definition) is 6. The Morgan fingerprint density at radius 1 is 1.15 bits per heavy atom. The fraction of sp³-hybridized carbons (Fsp3) is 0.357. The number of hydrogen-bond donors (Lipinski definition) is 2. The molecule has 0 radical (unpaired) electrons. The number of anilines is 4. The number of nitrogen functional groups attached to an aromatic ring is 1. The van der Waals surface area contributed by atoms with Crippen LogP contribution in [0.3, 0.4) is 0 Å². The number of benzene rings is 1. The van der Waals surface area contributed by atoms with Gasteiger partial charge in [-0.3, -0.25) is 0 Å². The van der Waals surface area contributed by atoms with Crippen molar-refractivity contribution in [3.63, 3.8) is 0 Å². The topological polar surface area (TPSA) is 80.0 Å². The van der Waals surface area contributed by atoms with E-state index in [1.54, 1.807) is 4.90 Å². The minimum absolute atomic E-state index is 0.208. The van der Waals surface area contributed by atoms with E-state index >= 15 is 0 Å². The minimum atomic E-state index is 0.208. The molecule has 6 heteroatoms. The average molecular weight is 272 g/mol. The lowest BCUT2D eigenvalue weighted by molar-refractivity contribution is 0.921. The molecule has 1 aromatic heterocycles. The van der Waals surface area contributed by atoms with Gasteiger partial charge in [-0.1, -0.05) is 31.5 Å². The summed E-state index contributed by atoms with van der Waals surface area (Å²) >= 11 is 0. The van der Waals surface area contributed by atoms with Crippen LogP contribution in [-0.2, 0) is 6.42 Å². The molecule has 0 saturated carbocycles. The second-order valence-electron chi connectivity index (χ2n) is 4.74. The van der Waals surface area contributed by atoms with Crippen molar-refractivity contribution in [1.82, 2.24) is 15.0 Å². The Balaban J connectivity index is 2.30. The summed E-state index contributed by atoms with van der Waals surface area (Å²) in [5.74, 6) is 1.21. The lowest BCUT2D eigenvalue weighted by Crippen LogP contribution is -2.15. The highest BCUT2D eigenvalue weighted by molar-refractivity contribution is 5.59. The van der Waals surface area contributed by atoms with Crippen molar-refractivity contribution in [2.45, 2.75) is 19.8 Å². The first kappa shape index (κ1) is 14.0. The van der Waals surface area contributed by atoms with Gasteiger partial charge in [0, 0.05) is 19.8 Å². The Labute approximate surface area is 119 Å². The number of aryl methyl sites for hydroxylation is 1. The maximum absolute atomic E-state index is 5.72. The van der Waals surface area contributed by atoms with Crippen molar-refractivity contribution >= 4 is 23.5 Å². The van der Waals surface area contributed by atoms with Crippen molar-refractivity contribution in [1.29, 1.82) is 0 Å². The van der Waals surface area contributed by atoms with Gasteiger partial charge in [0.15, 0.2) is 0 Å². The highest BCUT2D eigenvalue weighted by atomic mass is 15.3. The van der Waals surface area contributed by atoms with Gasteiger partial charge in [-0.25, -0.2) is 0 Å². The molecule has 0 unspecified atom stereocenters. The maximum Gasteiger partial charge on any atom is 0.233 e. The molecule has 0 fully saturated rings. The van der Waals surface area contributed by atoms with Gasteiger partial charge in [0.2, 0.25) is 17.8 Å². The van der Waals surface area contributed by atoms with E-state index in [0.717, 1.165) is 18.5 Å². The Kier molecular flexibility index (Phi) is 4.34. The Bertz CT molecular complexity index is 582. The lowest BCUT2D eigenvalue weighted by Gasteiger charge is -2.13. The van der Waals surface area contributed by atoms with E-state index in [0.29, 0.717) is 11.9 Å². The van der Waals surface area contributed by atoms with Gasteiger partial charge in [0.05, 0.1) is 0 Å². The van der Waals surface area contributed by atoms with Crippen molar-refractivity contribution in [2.24, 2.45) is 0 Å². The number of nitrogens with two attached hydrogens (primary N) is 1. The third-order valence-corrected chi connectivity index (χ3v) is 2.82. The van der Waals surface area contributed by atoms with Crippen LogP contribution in [0.2, 0.25) is 0 Å². The molecular formula is C14H20N6. The van der Waals surface area contributed by atoms with Crippen molar-refractivity contribution < 1.29 is 0 Å². The highest BCUT2D eigenvalue weighted by Gasteiger charge is 2.08. The third kappa shape index (κ3) is 3.34. The Morgan fingerprint density at radius 2 is 1.90 bits per heavy atom. The molecule has 0 spiro atoms. The Hall–Kier alpha value is -2.37. The molecule has 2 rings (SSSR count). The minimum Gasteiger partial charge on any atom is -0.368 e. The first-order valence-corrected chi connectivity index (χ1v) is 6.64. The van der Waals surface area contributed by atoms with Gasteiger partial charge < -0.3 is 16.0 Å². The van der Waals surface area contributed by atoms with Crippen LogP contribution in [0.1, 0.15) is 18.9 Å². The molecule has 106 valence electrons. The zero-order valence-electron chi connectivity index (χ0n) is 12.1. The van der Waals surface area contributed by atoms with Gasteiger partial charge >= 0.3 is 0 Å². The zero-order chi connectivity index (χ0) is 14.5. The molecule has 0 aliphatic carbocycles. The second-order valence-corrected chi connectivity index (χ2v) is 4.74. The molecule has 0 saturated heterocycles. The summed E-state index contributed by atoms with van der Waals surface area (Å²) in [6, 6.07) is 8.13. The summed E-state index contributed by atoms with van der Waals surface area (Å²) in [4.78, 5) is 14.3. The summed E-state index contributed by atoms with van der Waals surface area (Å²) in [5.41, 5.74) is 7.96. The van der Waals surface area contributed by atoms with E-state index in [1.165, 1.54) is 5.56 Å². The SMILES string of the molecule is CCCc1ccccc1Nc1nc(N)nc(N(C)C)n1. The zero-order valence-corrected chi connectivity index (χ0v) is 12.1. The maximum atomic E-state index is 5.72. The number of nitrogens with zero attached hydrogens (tertiary/aromatic N) is 4. The van der Waals surface area contributed by atoms with Gasteiger partial charge in [0.25, 0.3) is 0 Å². The van der Waals surface area contributed by atoms with E-state index < -0.39 is 0 Å². The molecule has 0 aliphatic heterocycles. The second kappa shape index (κ2) is 6.18. The predicted molar refractivity (Wildman–Crippen MR) is 82.3 cm³/mol. The molecule has 6 nitrogen and oxygen atoms in total. The van der Waals surface area contributed by atoms with Gasteiger partial charge in [-0.2, -0.15) is 15.0 Å². The predicted octanol–water partition coefficient (Wildman–Crippen LogP) is 2.22. The largest absolute Gasteiger partial charge is 0.368 e. The smallest absolute Gasteiger partial charge is 0.233 e. The summed E-state index contributed by atoms with van der Waals surface area (Å²) < 4.78 is 0. The monoisotopic (exact) mass is 272 g/mol. The highest BCUT2D eigenvalue weighted by Crippen LogP contribution is 2.21. The van der Waals surface area contributed by atoms with E-state index in [4.69, 9.17) is 5.73 Å². The number of rotatable bonds is 5. The fourth-order valence-corrected chi connectivity index (χ4v) is 1.89. The van der Waals surface area contributed by atoms with Gasteiger partial charge in [-0.05, 0) is 18.1 Å². The molecule has 0 atom stereocenters. The third-order valence-electron chi connectivity index (χ3n) is 2.82. The number of aromatic nitrogens is 3. The van der Waals surface area contributed by atoms with Crippen LogP contribution in [0, 0.1) is 0 Å². The number of para-hydroxylation sites is 1. The summed E-state index contributed by atoms with van der Waals surface area (Å²) in [6.45, 7) is 2.15. The average Bonchev–Trinajstić information content (AvgIpc) is 2.40. The van der Waals surface area contributed by atoms with Crippen LogP contribution in [0.15, 0.2) is 24.3 Å². The van der Waals surface area contributed by atoms with Gasteiger partial charge in [0.1, 0.15) is 0 Å². The summed E-state index contributed by atoms with van der Waals surface area (Å²) in [7, 11) is 3.73. The Morgan fingerprint density at radius 3 is 2.60 bits per heavy atom. The van der Waals surface area contributed by atoms with E-state index in [9.17, 15) is 0 Å². The van der Waals surface area contributed by atoms with Crippen LogP contribution >= 0.6 is 0 Å². The normalized spacial score (nSPS) is 10.3. The molecule has 1 aromatic carbocycles. The van der Waals surface area contributed by atoms with Gasteiger partial charge in [-0.15, -0.1) is 0 Å².